The fourth-order valence-electron chi connectivity index (χ4n) is 2.76. The highest BCUT2D eigenvalue weighted by molar-refractivity contribution is 7.16. The normalized spacial score (nSPS) is 20.4. The fraction of sp³-hybridized carbons (Fsp3) is 0.294. The number of anilines is 1. The summed E-state index contributed by atoms with van der Waals surface area (Å²) in [5, 5.41) is 5.69. The summed E-state index contributed by atoms with van der Waals surface area (Å²) in [6, 6.07) is 7.49. The van der Waals surface area contributed by atoms with Crippen molar-refractivity contribution in [3.63, 3.8) is 0 Å². The minimum atomic E-state index is -0.793. The van der Waals surface area contributed by atoms with Crippen LogP contribution in [0.1, 0.15) is 19.8 Å². The Morgan fingerprint density at radius 1 is 1.33 bits per heavy atom. The van der Waals surface area contributed by atoms with Crippen molar-refractivity contribution in [1.82, 2.24) is 15.0 Å². The van der Waals surface area contributed by atoms with Crippen LogP contribution in [0.2, 0.25) is 0 Å². The lowest BCUT2D eigenvalue weighted by molar-refractivity contribution is -0.133. The van der Waals surface area contributed by atoms with E-state index in [4.69, 9.17) is 4.74 Å². The average molecular weight is 340 g/mol. The third-order valence-electron chi connectivity index (χ3n) is 4.15. The number of nitrogens with zero attached hydrogens (tertiary/aromatic N) is 3. The van der Waals surface area contributed by atoms with Gasteiger partial charge in [-0.05, 0) is 43.3 Å². The highest BCUT2D eigenvalue weighted by Crippen LogP contribution is 2.30. The molecule has 1 unspecified atom stereocenters. The first-order chi connectivity index (χ1) is 11.7. The van der Waals surface area contributed by atoms with Gasteiger partial charge in [-0.25, -0.2) is 9.97 Å². The van der Waals surface area contributed by atoms with Crippen LogP contribution in [0.15, 0.2) is 35.8 Å². The molecule has 0 saturated carbocycles. The molecule has 1 aliphatic heterocycles. The summed E-state index contributed by atoms with van der Waals surface area (Å²) in [5.41, 5.74) is -0.120. The molecule has 4 rings (SSSR count). The molecule has 0 aromatic carbocycles. The molecule has 0 bridgehead atoms. The topological polar surface area (TPSA) is 77.0 Å². The standard InChI is InChI=1S/C17H16N4O2S/c1-17(7-4-9-23-17)16(22)21-13-11-6-10-24-15(11)20-14(19-13)12-5-2-3-8-18-12/h2-3,5-6,8,10H,4,7,9H2,1H3,(H,19,20,21,22). The van der Waals surface area contributed by atoms with Crippen molar-refractivity contribution < 1.29 is 9.53 Å². The molecule has 24 heavy (non-hydrogen) atoms. The van der Waals surface area contributed by atoms with Gasteiger partial charge in [0.1, 0.15) is 21.9 Å². The Kier molecular flexibility index (Phi) is 3.74. The molecule has 0 radical (unpaired) electrons. The number of carbonyl (C=O) groups is 1. The number of amides is 1. The predicted octanol–water partition coefficient (Wildman–Crippen LogP) is 3.26. The summed E-state index contributed by atoms with van der Waals surface area (Å²) in [5.74, 6) is 0.833. The SMILES string of the molecule is CC1(C(=O)Nc2nc(-c3ccccn3)nc3sccc23)CCCO1. The minimum absolute atomic E-state index is 0.168. The van der Waals surface area contributed by atoms with E-state index in [9.17, 15) is 4.79 Å². The van der Waals surface area contributed by atoms with E-state index in [0.29, 0.717) is 30.4 Å². The number of pyridine rings is 1. The second-order valence-corrected chi connectivity index (χ2v) is 6.78. The van der Waals surface area contributed by atoms with Crippen molar-refractivity contribution in [3.05, 3.63) is 35.8 Å². The molecule has 7 heteroatoms. The number of thiophene rings is 1. The van der Waals surface area contributed by atoms with Crippen molar-refractivity contribution in [2.45, 2.75) is 25.4 Å². The summed E-state index contributed by atoms with van der Waals surface area (Å²) in [6.45, 7) is 2.43. The highest BCUT2D eigenvalue weighted by Gasteiger charge is 2.38. The molecule has 1 atom stereocenters. The maximum atomic E-state index is 12.6. The van der Waals surface area contributed by atoms with Crippen LogP contribution < -0.4 is 5.32 Å². The molecule has 4 heterocycles. The van der Waals surface area contributed by atoms with Crippen LogP contribution in [0.5, 0.6) is 0 Å². The maximum absolute atomic E-state index is 12.6. The van der Waals surface area contributed by atoms with Crippen molar-refractivity contribution in [2.24, 2.45) is 0 Å². The summed E-state index contributed by atoms with van der Waals surface area (Å²) in [4.78, 5) is 26.8. The Hall–Kier alpha value is -2.38. The molecule has 3 aromatic rings. The first kappa shape index (κ1) is 15.2. The van der Waals surface area contributed by atoms with E-state index in [1.54, 1.807) is 6.20 Å². The van der Waals surface area contributed by atoms with Crippen molar-refractivity contribution >= 4 is 33.3 Å². The molecule has 0 spiro atoms. The molecule has 1 saturated heterocycles. The third kappa shape index (κ3) is 2.65. The lowest BCUT2D eigenvalue weighted by Gasteiger charge is -2.21. The number of carbonyl (C=O) groups excluding carboxylic acids is 1. The molecule has 1 N–H and O–H groups in total. The molecule has 6 nitrogen and oxygen atoms in total. The maximum Gasteiger partial charge on any atom is 0.257 e. The van der Waals surface area contributed by atoms with Crippen LogP contribution in [0.4, 0.5) is 5.82 Å². The fourth-order valence-corrected chi connectivity index (χ4v) is 3.52. The lowest BCUT2D eigenvalue weighted by atomic mass is 10.0. The number of hydrogen-bond donors (Lipinski definition) is 1. The smallest absolute Gasteiger partial charge is 0.257 e. The van der Waals surface area contributed by atoms with E-state index < -0.39 is 5.60 Å². The average Bonchev–Trinajstić information content (AvgIpc) is 3.25. The molecule has 0 aliphatic carbocycles. The van der Waals surface area contributed by atoms with Crippen LogP contribution in [0.3, 0.4) is 0 Å². The monoisotopic (exact) mass is 340 g/mol. The van der Waals surface area contributed by atoms with Gasteiger partial charge in [0.25, 0.3) is 5.91 Å². The molecule has 1 fully saturated rings. The number of ether oxygens (including phenoxy) is 1. The van der Waals surface area contributed by atoms with E-state index in [1.807, 2.05) is 36.6 Å². The van der Waals surface area contributed by atoms with Crippen molar-refractivity contribution in [3.8, 4) is 11.5 Å². The van der Waals surface area contributed by atoms with Crippen LogP contribution in [0.25, 0.3) is 21.7 Å². The van der Waals surface area contributed by atoms with E-state index in [-0.39, 0.29) is 5.91 Å². The minimum Gasteiger partial charge on any atom is -0.365 e. The van der Waals surface area contributed by atoms with Gasteiger partial charge in [0.15, 0.2) is 5.82 Å². The van der Waals surface area contributed by atoms with Crippen molar-refractivity contribution in [1.29, 1.82) is 0 Å². The van der Waals surface area contributed by atoms with Gasteiger partial charge >= 0.3 is 0 Å². The zero-order valence-electron chi connectivity index (χ0n) is 13.2. The second kappa shape index (κ2) is 5.92. The molecule has 122 valence electrons. The third-order valence-corrected chi connectivity index (χ3v) is 4.96. The van der Waals surface area contributed by atoms with Crippen LogP contribution >= 0.6 is 11.3 Å². The first-order valence-electron chi connectivity index (χ1n) is 7.78. The summed E-state index contributed by atoms with van der Waals surface area (Å²) < 4.78 is 5.62. The lowest BCUT2D eigenvalue weighted by Crippen LogP contribution is -2.39. The summed E-state index contributed by atoms with van der Waals surface area (Å²) in [6.07, 6.45) is 3.30. The van der Waals surface area contributed by atoms with Crippen LogP contribution in [0, 0.1) is 0 Å². The van der Waals surface area contributed by atoms with Gasteiger partial charge in [0.2, 0.25) is 0 Å². The Labute approximate surface area is 142 Å². The summed E-state index contributed by atoms with van der Waals surface area (Å²) >= 11 is 1.51. The quantitative estimate of drug-likeness (QED) is 0.792. The summed E-state index contributed by atoms with van der Waals surface area (Å²) in [7, 11) is 0. The number of fused-ring (bicyclic) bond motifs is 1. The van der Waals surface area contributed by atoms with Gasteiger partial charge in [-0.1, -0.05) is 6.07 Å². The van der Waals surface area contributed by atoms with Gasteiger partial charge in [-0.15, -0.1) is 11.3 Å². The molecule has 1 aliphatic rings. The van der Waals surface area contributed by atoms with Gasteiger partial charge in [0.05, 0.1) is 5.39 Å². The van der Waals surface area contributed by atoms with Gasteiger partial charge in [-0.3, -0.25) is 9.78 Å². The Balaban J connectivity index is 1.74. The number of hydrogen-bond acceptors (Lipinski definition) is 6. The Morgan fingerprint density at radius 3 is 3.00 bits per heavy atom. The van der Waals surface area contributed by atoms with E-state index in [0.717, 1.165) is 16.6 Å². The molecule has 1 amide bonds. The number of aromatic nitrogens is 3. The van der Waals surface area contributed by atoms with Crippen molar-refractivity contribution in [2.75, 3.05) is 11.9 Å². The van der Waals surface area contributed by atoms with E-state index >= 15 is 0 Å². The second-order valence-electron chi connectivity index (χ2n) is 5.89. The van der Waals surface area contributed by atoms with Gasteiger partial charge < -0.3 is 10.1 Å². The molecular formula is C17H16N4O2S. The van der Waals surface area contributed by atoms with Gasteiger partial charge in [0, 0.05) is 12.8 Å². The Morgan fingerprint density at radius 2 is 2.25 bits per heavy atom. The number of rotatable bonds is 3. The predicted molar refractivity (Wildman–Crippen MR) is 92.9 cm³/mol. The zero-order valence-corrected chi connectivity index (χ0v) is 14.0. The largest absolute Gasteiger partial charge is 0.365 e. The highest BCUT2D eigenvalue weighted by atomic mass is 32.1. The molecular weight excluding hydrogens is 324 g/mol. The zero-order chi connectivity index (χ0) is 16.6. The van der Waals surface area contributed by atoms with E-state index in [2.05, 4.69) is 20.3 Å². The van der Waals surface area contributed by atoms with Crippen LogP contribution in [-0.2, 0) is 9.53 Å². The first-order valence-corrected chi connectivity index (χ1v) is 8.66. The van der Waals surface area contributed by atoms with Gasteiger partial charge in [-0.2, -0.15) is 0 Å². The van der Waals surface area contributed by atoms with Crippen LogP contribution in [-0.4, -0.2) is 33.1 Å². The van der Waals surface area contributed by atoms with E-state index in [1.165, 1.54) is 11.3 Å². The Bertz CT molecular complexity index is 888. The number of nitrogens with one attached hydrogen (secondary N) is 1. The molecule has 3 aromatic heterocycles.